The van der Waals surface area contributed by atoms with Crippen LogP contribution in [0.25, 0.3) is 0 Å². The minimum absolute atomic E-state index is 0.137. The van der Waals surface area contributed by atoms with Crippen molar-refractivity contribution in [2.75, 3.05) is 27.3 Å². The van der Waals surface area contributed by atoms with Crippen molar-refractivity contribution in [1.82, 2.24) is 15.5 Å². The summed E-state index contributed by atoms with van der Waals surface area (Å²) in [6.45, 7) is 3.18. The summed E-state index contributed by atoms with van der Waals surface area (Å²) in [5, 5.41) is 6.06. The first-order chi connectivity index (χ1) is 20.0. The molecule has 41 heavy (non-hydrogen) atoms. The number of amides is 2. The van der Waals surface area contributed by atoms with Gasteiger partial charge in [-0.2, -0.15) is 0 Å². The van der Waals surface area contributed by atoms with Gasteiger partial charge >= 0.3 is 6.09 Å². The van der Waals surface area contributed by atoms with E-state index in [1.807, 2.05) is 36.4 Å². The third kappa shape index (κ3) is 7.45. The number of benzene rings is 3. The first kappa shape index (κ1) is 29.6. The number of hydrogen-bond donors (Lipinski definition) is 2. The number of alkyl carbamates (subject to hydrolysis) is 1. The molecule has 8 nitrogen and oxygen atoms in total. The molecule has 0 bridgehead atoms. The maximum atomic E-state index is 13.2. The zero-order valence-corrected chi connectivity index (χ0v) is 24.1. The summed E-state index contributed by atoms with van der Waals surface area (Å²) in [6.07, 6.45) is 2.91. The van der Waals surface area contributed by atoms with Crippen molar-refractivity contribution >= 4 is 18.0 Å². The van der Waals surface area contributed by atoms with E-state index in [1.165, 1.54) is 5.56 Å². The molecule has 0 unspecified atom stereocenters. The molecule has 0 saturated heterocycles. The highest BCUT2D eigenvalue weighted by Gasteiger charge is 2.39. The van der Waals surface area contributed by atoms with E-state index in [9.17, 15) is 9.59 Å². The molecular weight excluding hydrogens is 516 g/mol. The van der Waals surface area contributed by atoms with Crippen LogP contribution in [0, 0.1) is 0 Å². The van der Waals surface area contributed by atoms with Gasteiger partial charge in [0.2, 0.25) is 5.96 Å². The van der Waals surface area contributed by atoms with Gasteiger partial charge in [-0.05, 0) is 55.9 Å². The number of aliphatic imine (C=N–C) groups is 1. The van der Waals surface area contributed by atoms with E-state index in [2.05, 4.69) is 56.9 Å². The summed E-state index contributed by atoms with van der Waals surface area (Å²) in [5.74, 6) is 0.901. The second-order valence-electron chi connectivity index (χ2n) is 10.3. The molecular formula is C33H40N4O4. The fourth-order valence-corrected chi connectivity index (χ4v) is 5.67. The summed E-state index contributed by atoms with van der Waals surface area (Å²) in [6, 6.07) is 28.0. The van der Waals surface area contributed by atoms with E-state index in [0.717, 1.165) is 31.2 Å². The third-order valence-corrected chi connectivity index (χ3v) is 7.85. The lowest BCUT2D eigenvalue weighted by molar-refractivity contribution is 0.0925. The Labute approximate surface area is 242 Å². The molecule has 3 aromatic rings. The quantitative estimate of drug-likeness (QED) is 0.267. The van der Waals surface area contributed by atoms with Crippen LogP contribution in [0.5, 0.6) is 5.75 Å². The van der Waals surface area contributed by atoms with E-state index in [0.29, 0.717) is 30.4 Å². The molecule has 2 N–H and O–H groups in total. The minimum atomic E-state index is -0.514. The molecule has 1 fully saturated rings. The third-order valence-electron chi connectivity index (χ3n) is 7.85. The largest absolute Gasteiger partial charge is 0.496 e. The highest BCUT2D eigenvalue weighted by Crippen LogP contribution is 2.41. The SMILES string of the molecule is CCOC(=O)NC(=NC)N(Cc1ccccc1)C1CCC(CNC(=O)c2ccccc2OC)(c2ccccc2)CC1. The fraction of sp³-hybridized carbons (Fsp3) is 0.364. The Balaban J connectivity index is 1.55. The molecule has 1 saturated carbocycles. The van der Waals surface area contributed by atoms with Gasteiger partial charge in [-0.25, -0.2) is 4.79 Å². The van der Waals surface area contributed by atoms with E-state index in [-0.39, 0.29) is 24.0 Å². The number of para-hydroxylation sites is 1. The number of hydrogen-bond acceptors (Lipinski definition) is 5. The first-order valence-corrected chi connectivity index (χ1v) is 14.2. The molecule has 8 heteroatoms. The summed E-state index contributed by atoms with van der Waals surface area (Å²) < 4.78 is 10.6. The van der Waals surface area contributed by atoms with E-state index >= 15 is 0 Å². The molecule has 216 valence electrons. The van der Waals surface area contributed by atoms with Crippen molar-refractivity contribution in [2.24, 2.45) is 4.99 Å². The molecule has 1 aliphatic carbocycles. The summed E-state index contributed by atoms with van der Waals surface area (Å²) in [4.78, 5) is 32.2. The van der Waals surface area contributed by atoms with Crippen LogP contribution < -0.4 is 15.4 Å². The summed E-state index contributed by atoms with van der Waals surface area (Å²) >= 11 is 0. The number of carbonyl (C=O) groups is 2. The molecule has 0 spiro atoms. The highest BCUT2D eigenvalue weighted by molar-refractivity contribution is 5.97. The molecule has 4 rings (SSSR count). The maximum absolute atomic E-state index is 13.2. The van der Waals surface area contributed by atoms with Gasteiger partial charge in [0, 0.05) is 31.6 Å². The van der Waals surface area contributed by atoms with Crippen molar-refractivity contribution in [3.8, 4) is 5.75 Å². The monoisotopic (exact) mass is 556 g/mol. The van der Waals surface area contributed by atoms with Gasteiger partial charge in [0.05, 0.1) is 19.3 Å². The van der Waals surface area contributed by atoms with Gasteiger partial charge < -0.3 is 19.7 Å². The summed E-state index contributed by atoms with van der Waals surface area (Å²) in [5.41, 5.74) is 2.63. The summed E-state index contributed by atoms with van der Waals surface area (Å²) in [7, 11) is 3.26. The van der Waals surface area contributed by atoms with Gasteiger partial charge in [0.15, 0.2) is 0 Å². The van der Waals surface area contributed by atoms with Crippen LogP contribution in [0.3, 0.4) is 0 Å². The predicted octanol–water partition coefficient (Wildman–Crippen LogP) is 5.54. The number of ether oxygens (including phenoxy) is 2. The molecule has 0 aliphatic heterocycles. The minimum Gasteiger partial charge on any atom is -0.496 e. The van der Waals surface area contributed by atoms with Crippen molar-refractivity contribution in [3.63, 3.8) is 0 Å². The molecule has 0 atom stereocenters. The van der Waals surface area contributed by atoms with Crippen molar-refractivity contribution in [2.45, 2.75) is 50.6 Å². The maximum Gasteiger partial charge on any atom is 0.413 e. The van der Waals surface area contributed by atoms with Gasteiger partial charge in [0.1, 0.15) is 5.75 Å². The molecule has 0 radical (unpaired) electrons. The highest BCUT2D eigenvalue weighted by atomic mass is 16.5. The Bertz CT molecular complexity index is 1310. The Morgan fingerprint density at radius 2 is 1.59 bits per heavy atom. The van der Waals surface area contributed by atoms with Crippen LogP contribution in [-0.4, -0.2) is 56.2 Å². The fourth-order valence-electron chi connectivity index (χ4n) is 5.67. The normalized spacial score (nSPS) is 18.7. The van der Waals surface area contributed by atoms with Crippen molar-refractivity contribution in [3.05, 3.63) is 102 Å². The lowest BCUT2D eigenvalue weighted by atomic mass is 9.67. The number of methoxy groups -OCH3 is 1. The lowest BCUT2D eigenvalue weighted by Crippen LogP contribution is -2.52. The van der Waals surface area contributed by atoms with Crippen molar-refractivity contribution < 1.29 is 19.1 Å². The average molecular weight is 557 g/mol. The standard InChI is InChI=1S/C33H40N4O4/c1-4-41-32(39)36-31(34-2)37(23-25-13-7-5-8-14-25)27-19-21-33(22-20-27,26-15-9-6-10-16-26)24-35-30(38)28-17-11-12-18-29(28)40-3/h5-18,27H,4,19-24H2,1-3H3,(H,35,38)(H,34,36,39). The Morgan fingerprint density at radius 1 is 0.951 bits per heavy atom. The smallest absolute Gasteiger partial charge is 0.413 e. The Morgan fingerprint density at radius 3 is 2.22 bits per heavy atom. The lowest BCUT2D eigenvalue weighted by Gasteiger charge is -2.45. The van der Waals surface area contributed by atoms with Crippen LogP contribution in [0.15, 0.2) is 89.9 Å². The van der Waals surface area contributed by atoms with E-state index in [4.69, 9.17) is 9.47 Å². The molecule has 3 aromatic carbocycles. The molecule has 0 heterocycles. The zero-order chi connectivity index (χ0) is 29.1. The van der Waals surface area contributed by atoms with Crippen LogP contribution >= 0.6 is 0 Å². The molecule has 1 aliphatic rings. The van der Waals surface area contributed by atoms with Gasteiger partial charge in [-0.3, -0.25) is 15.1 Å². The number of rotatable bonds is 9. The molecule has 2 amide bonds. The second kappa shape index (κ2) is 14.3. The van der Waals surface area contributed by atoms with Crippen LogP contribution in [0.2, 0.25) is 0 Å². The van der Waals surface area contributed by atoms with Crippen LogP contribution in [-0.2, 0) is 16.7 Å². The zero-order valence-electron chi connectivity index (χ0n) is 24.1. The number of guanidine groups is 1. The van der Waals surface area contributed by atoms with Gasteiger partial charge in [-0.1, -0.05) is 72.8 Å². The van der Waals surface area contributed by atoms with Crippen LogP contribution in [0.1, 0.15) is 54.1 Å². The van der Waals surface area contributed by atoms with E-state index in [1.54, 1.807) is 33.2 Å². The van der Waals surface area contributed by atoms with Gasteiger partial charge in [-0.15, -0.1) is 0 Å². The predicted molar refractivity (Wildman–Crippen MR) is 161 cm³/mol. The van der Waals surface area contributed by atoms with Crippen LogP contribution in [0.4, 0.5) is 4.79 Å². The number of nitrogens with zero attached hydrogens (tertiary/aromatic N) is 2. The van der Waals surface area contributed by atoms with Crippen molar-refractivity contribution in [1.29, 1.82) is 0 Å². The average Bonchev–Trinajstić information content (AvgIpc) is 3.03. The van der Waals surface area contributed by atoms with E-state index < -0.39 is 6.09 Å². The Hall–Kier alpha value is -4.33. The topological polar surface area (TPSA) is 92.3 Å². The first-order valence-electron chi connectivity index (χ1n) is 14.2. The number of nitrogens with one attached hydrogen (secondary N) is 2. The number of carbonyl (C=O) groups excluding carboxylic acids is 2. The Kier molecular flexibility index (Phi) is 10.4. The molecule has 0 aromatic heterocycles. The van der Waals surface area contributed by atoms with Gasteiger partial charge in [0.25, 0.3) is 5.91 Å². The second-order valence-corrected chi connectivity index (χ2v) is 10.3.